The number of para-hydroxylation sites is 2. The number of anilines is 1. The third kappa shape index (κ3) is 1.38. The van der Waals surface area contributed by atoms with Crippen molar-refractivity contribution in [2.45, 2.75) is 31.5 Å². The molecule has 2 aliphatic rings. The van der Waals surface area contributed by atoms with Gasteiger partial charge in [0.05, 0.1) is 11.7 Å². The standard InChI is InChI=1S/C12H16N2O/c13-12-10-6-3-4-8-14(10)9-5-1-2-7-11(9)15-12/h1-2,5,7,10,12H,3-4,6,8,13H2. The second-order valence-electron chi connectivity index (χ2n) is 4.31. The molecule has 0 amide bonds. The van der Waals surface area contributed by atoms with Gasteiger partial charge in [0.15, 0.2) is 6.23 Å². The normalized spacial score (nSPS) is 29.0. The quantitative estimate of drug-likeness (QED) is 0.699. The smallest absolute Gasteiger partial charge is 0.168 e. The lowest BCUT2D eigenvalue weighted by Gasteiger charge is -2.44. The van der Waals surface area contributed by atoms with Crippen LogP contribution in [0.25, 0.3) is 0 Å². The molecule has 0 bridgehead atoms. The van der Waals surface area contributed by atoms with Crippen molar-refractivity contribution in [2.24, 2.45) is 5.73 Å². The third-order valence-electron chi connectivity index (χ3n) is 3.37. The lowest BCUT2D eigenvalue weighted by Crippen LogP contribution is -2.55. The SMILES string of the molecule is NC1Oc2ccccc2N2CCCCC12. The van der Waals surface area contributed by atoms with Crippen LogP contribution < -0.4 is 15.4 Å². The third-order valence-corrected chi connectivity index (χ3v) is 3.37. The first-order chi connectivity index (χ1) is 7.36. The fourth-order valence-corrected chi connectivity index (χ4v) is 2.62. The highest BCUT2D eigenvalue weighted by Crippen LogP contribution is 2.38. The van der Waals surface area contributed by atoms with Crippen LogP contribution in [0.5, 0.6) is 5.75 Å². The Morgan fingerprint density at radius 1 is 1.27 bits per heavy atom. The molecular formula is C12H16N2O. The first-order valence-corrected chi connectivity index (χ1v) is 5.64. The van der Waals surface area contributed by atoms with Crippen LogP contribution in [-0.2, 0) is 0 Å². The highest BCUT2D eigenvalue weighted by Gasteiger charge is 2.34. The number of hydrogen-bond donors (Lipinski definition) is 1. The minimum Gasteiger partial charge on any atom is -0.471 e. The molecule has 2 aliphatic heterocycles. The Bertz CT molecular complexity index is 366. The van der Waals surface area contributed by atoms with E-state index in [0.717, 1.165) is 18.7 Å². The molecule has 2 atom stereocenters. The van der Waals surface area contributed by atoms with Crippen LogP contribution in [0.3, 0.4) is 0 Å². The summed E-state index contributed by atoms with van der Waals surface area (Å²) in [6.45, 7) is 1.11. The van der Waals surface area contributed by atoms with Crippen molar-refractivity contribution in [3.05, 3.63) is 24.3 Å². The molecule has 0 aromatic heterocycles. The van der Waals surface area contributed by atoms with E-state index >= 15 is 0 Å². The van der Waals surface area contributed by atoms with Crippen molar-refractivity contribution < 1.29 is 4.74 Å². The van der Waals surface area contributed by atoms with Gasteiger partial charge in [-0.2, -0.15) is 0 Å². The van der Waals surface area contributed by atoms with Crippen molar-refractivity contribution in [3.8, 4) is 5.75 Å². The zero-order chi connectivity index (χ0) is 10.3. The first kappa shape index (κ1) is 9.04. The van der Waals surface area contributed by atoms with Crippen molar-refractivity contribution >= 4 is 5.69 Å². The fourth-order valence-electron chi connectivity index (χ4n) is 2.62. The van der Waals surface area contributed by atoms with Gasteiger partial charge >= 0.3 is 0 Å². The molecule has 3 heteroatoms. The number of piperidine rings is 1. The molecule has 2 N–H and O–H groups in total. The molecule has 3 rings (SSSR count). The molecule has 1 saturated heterocycles. The highest BCUT2D eigenvalue weighted by molar-refractivity contribution is 5.61. The van der Waals surface area contributed by atoms with E-state index in [1.807, 2.05) is 12.1 Å². The molecule has 15 heavy (non-hydrogen) atoms. The van der Waals surface area contributed by atoms with Gasteiger partial charge in [-0.1, -0.05) is 12.1 Å². The number of nitrogens with zero attached hydrogens (tertiary/aromatic N) is 1. The number of rotatable bonds is 0. The van der Waals surface area contributed by atoms with Gasteiger partial charge in [-0.3, -0.25) is 5.73 Å². The summed E-state index contributed by atoms with van der Waals surface area (Å²) in [7, 11) is 0. The van der Waals surface area contributed by atoms with E-state index in [-0.39, 0.29) is 6.23 Å². The second-order valence-corrected chi connectivity index (χ2v) is 4.31. The van der Waals surface area contributed by atoms with Crippen LogP contribution in [0, 0.1) is 0 Å². The Labute approximate surface area is 89.8 Å². The van der Waals surface area contributed by atoms with Gasteiger partial charge in [-0.25, -0.2) is 0 Å². The Morgan fingerprint density at radius 2 is 2.13 bits per heavy atom. The van der Waals surface area contributed by atoms with Gasteiger partial charge in [0.25, 0.3) is 0 Å². The van der Waals surface area contributed by atoms with Crippen molar-refractivity contribution in [2.75, 3.05) is 11.4 Å². The van der Waals surface area contributed by atoms with E-state index in [1.165, 1.54) is 18.5 Å². The largest absolute Gasteiger partial charge is 0.471 e. The number of benzene rings is 1. The lowest BCUT2D eigenvalue weighted by molar-refractivity contribution is 0.143. The van der Waals surface area contributed by atoms with Crippen LogP contribution >= 0.6 is 0 Å². The van der Waals surface area contributed by atoms with Crippen LogP contribution in [0.2, 0.25) is 0 Å². The summed E-state index contributed by atoms with van der Waals surface area (Å²) in [5.74, 6) is 0.933. The predicted molar refractivity (Wildman–Crippen MR) is 60.0 cm³/mol. The van der Waals surface area contributed by atoms with Gasteiger partial charge in [0.1, 0.15) is 5.75 Å². The van der Waals surface area contributed by atoms with E-state index < -0.39 is 0 Å². The summed E-state index contributed by atoms with van der Waals surface area (Å²) >= 11 is 0. The average Bonchev–Trinajstić information content (AvgIpc) is 2.30. The monoisotopic (exact) mass is 204 g/mol. The number of hydrogen-bond acceptors (Lipinski definition) is 3. The number of nitrogens with two attached hydrogens (primary N) is 1. The summed E-state index contributed by atoms with van der Waals surface area (Å²) in [5, 5.41) is 0. The lowest BCUT2D eigenvalue weighted by atomic mass is 9.98. The van der Waals surface area contributed by atoms with Crippen LogP contribution in [0.15, 0.2) is 24.3 Å². The van der Waals surface area contributed by atoms with Crippen molar-refractivity contribution in [3.63, 3.8) is 0 Å². The molecule has 0 spiro atoms. The van der Waals surface area contributed by atoms with Crippen LogP contribution in [0.4, 0.5) is 5.69 Å². The molecule has 80 valence electrons. The number of ether oxygens (including phenoxy) is 1. The molecule has 0 aliphatic carbocycles. The summed E-state index contributed by atoms with van der Waals surface area (Å²) in [5.41, 5.74) is 7.25. The minimum atomic E-state index is -0.166. The topological polar surface area (TPSA) is 38.5 Å². The van der Waals surface area contributed by atoms with E-state index in [0.29, 0.717) is 6.04 Å². The Hall–Kier alpha value is -1.22. The maximum Gasteiger partial charge on any atom is 0.168 e. The molecule has 2 heterocycles. The first-order valence-electron chi connectivity index (χ1n) is 5.64. The predicted octanol–water partition coefficient (Wildman–Crippen LogP) is 1.72. The molecule has 3 nitrogen and oxygen atoms in total. The van der Waals surface area contributed by atoms with Gasteiger partial charge < -0.3 is 9.64 Å². The van der Waals surface area contributed by atoms with E-state index in [4.69, 9.17) is 10.5 Å². The average molecular weight is 204 g/mol. The van der Waals surface area contributed by atoms with Gasteiger partial charge in [-0.15, -0.1) is 0 Å². The fraction of sp³-hybridized carbons (Fsp3) is 0.500. The molecule has 1 aromatic carbocycles. The van der Waals surface area contributed by atoms with Crippen molar-refractivity contribution in [1.29, 1.82) is 0 Å². The Morgan fingerprint density at radius 3 is 3.07 bits per heavy atom. The summed E-state index contributed by atoms with van der Waals surface area (Å²) in [6.07, 6.45) is 3.51. The van der Waals surface area contributed by atoms with Gasteiger partial charge in [0.2, 0.25) is 0 Å². The molecular weight excluding hydrogens is 188 g/mol. The second kappa shape index (κ2) is 3.42. The molecule has 1 aromatic rings. The Kier molecular flexibility index (Phi) is 2.06. The number of fused-ring (bicyclic) bond motifs is 3. The van der Waals surface area contributed by atoms with E-state index in [2.05, 4.69) is 17.0 Å². The summed E-state index contributed by atoms with van der Waals surface area (Å²) < 4.78 is 5.74. The summed E-state index contributed by atoms with van der Waals surface area (Å²) in [6, 6.07) is 8.55. The maximum atomic E-state index is 6.04. The van der Waals surface area contributed by atoms with E-state index in [9.17, 15) is 0 Å². The minimum absolute atomic E-state index is 0.166. The van der Waals surface area contributed by atoms with E-state index in [1.54, 1.807) is 0 Å². The Balaban J connectivity index is 2.02. The molecule has 1 fully saturated rings. The van der Waals surface area contributed by atoms with Gasteiger partial charge in [-0.05, 0) is 31.4 Å². The zero-order valence-electron chi connectivity index (χ0n) is 8.73. The maximum absolute atomic E-state index is 6.04. The van der Waals surface area contributed by atoms with Crippen LogP contribution in [-0.4, -0.2) is 18.8 Å². The van der Waals surface area contributed by atoms with Gasteiger partial charge in [0, 0.05) is 6.54 Å². The molecule has 2 unspecified atom stereocenters. The molecule has 0 saturated carbocycles. The zero-order valence-corrected chi connectivity index (χ0v) is 8.73. The molecule has 0 radical (unpaired) electrons. The highest BCUT2D eigenvalue weighted by atomic mass is 16.5. The van der Waals surface area contributed by atoms with Crippen LogP contribution in [0.1, 0.15) is 19.3 Å². The van der Waals surface area contributed by atoms with Crippen molar-refractivity contribution in [1.82, 2.24) is 0 Å². The summed E-state index contributed by atoms with van der Waals surface area (Å²) in [4.78, 5) is 2.41.